The van der Waals surface area contributed by atoms with E-state index in [2.05, 4.69) is 25.2 Å². The van der Waals surface area contributed by atoms with Gasteiger partial charge in [0.25, 0.3) is 11.8 Å². The number of ether oxygens (including phenoxy) is 5. The molecule has 49 heavy (non-hydrogen) atoms. The second kappa shape index (κ2) is 15.1. The van der Waals surface area contributed by atoms with Gasteiger partial charge in [0.15, 0.2) is 17.7 Å². The SMILES string of the molecule is COC(=O)c1nc(-c2nnc([C@@](CCCCC3OCCO3)(OCc3ccccc3)C(F)(F)F)o2)c(NC(=O)OC(C)(C)C)cc1C(F)(F)F. The van der Waals surface area contributed by atoms with Crippen molar-refractivity contribution in [2.75, 3.05) is 25.6 Å². The van der Waals surface area contributed by atoms with Crippen molar-refractivity contribution in [2.45, 2.75) is 82.9 Å². The number of esters is 1. The molecule has 3 aromatic rings. The molecule has 1 aliphatic heterocycles. The van der Waals surface area contributed by atoms with Crippen LogP contribution in [0.2, 0.25) is 0 Å². The Morgan fingerprint density at radius 2 is 1.65 bits per heavy atom. The summed E-state index contributed by atoms with van der Waals surface area (Å²) < 4.78 is 119. The number of pyridine rings is 1. The first kappa shape index (κ1) is 37.5. The smallest absolute Gasteiger partial charge is 0.426 e. The Hall–Kier alpha value is -4.29. The zero-order valence-electron chi connectivity index (χ0n) is 26.9. The molecule has 1 aromatic carbocycles. The van der Waals surface area contributed by atoms with Crippen LogP contribution in [0.5, 0.6) is 0 Å². The Morgan fingerprint density at radius 1 is 0.980 bits per heavy atom. The standard InChI is InChI=1S/C31H34F6N4O8/c1-28(2,3)49-27(43)38-20-16-19(30(32,33)34)22(25(42)44-4)39-23(20)24-40-41-26(48-24)29(31(35,36)37,47-17-18-10-6-5-7-11-18)13-9-8-12-21-45-14-15-46-21/h5-7,10-11,16,21H,8-9,12-15,17H2,1-4H3,(H,38,43)/t29-/m1/s1. The predicted molar refractivity (Wildman–Crippen MR) is 157 cm³/mol. The number of alkyl halides is 6. The van der Waals surface area contributed by atoms with Gasteiger partial charge >= 0.3 is 24.4 Å². The van der Waals surface area contributed by atoms with Crippen molar-refractivity contribution in [3.63, 3.8) is 0 Å². The fraction of sp³-hybridized carbons (Fsp3) is 0.516. The number of hydrogen-bond acceptors (Lipinski definition) is 11. The van der Waals surface area contributed by atoms with Crippen molar-refractivity contribution in [3.05, 3.63) is 59.1 Å². The summed E-state index contributed by atoms with van der Waals surface area (Å²) >= 11 is 0. The quantitative estimate of drug-likeness (QED) is 0.116. The molecule has 1 N–H and O–H groups in total. The van der Waals surface area contributed by atoms with Crippen LogP contribution in [-0.4, -0.2) is 65.6 Å². The summed E-state index contributed by atoms with van der Waals surface area (Å²) in [5, 5.41) is 9.34. The third-order valence-electron chi connectivity index (χ3n) is 7.01. The molecular weight excluding hydrogens is 670 g/mol. The van der Waals surface area contributed by atoms with Crippen LogP contribution in [-0.2, 0) is 42.1 Å². The summed E-state index contributed by atoms with van der Waals surface area (Å²) in [6.07, 6.45) is -12.4. The van der Waals surface area contributed by atoms with Gasteiger partial charge in [-0.25, -0.2) is 14.6 Å². The number of carbonyl (C=O) groups excluding carboxylic acids is 2. The molecule has 1 amide bonds. The summed E-state index contributed by atoms with van der Waals surface area (Å²) in [7, 11) is 0.800. The van der Waals surface area contributed by atoms with Crippen molar-refractivity contribution in [2.24, 2.45) is 0 Å². The molecule has 12 nitrogen and oxygen atoms in total. The lowest BCUT2D eigenvalue weighted by atomic mass is 9.94. The molecule has 268 valence electrons. The molecular formula is C31H34F6N4O8. The van der Waals surface area contributed by atoms with Crippen molar-refractivity contribution in [1.82, 2.24) is 15.2 Å². The van der Waals surface area contributed by atoms with Gasteiger partial charge < -0.3 is 28.1 Å². The average molecular weight is 705 g/mol. The minimum absolute atomic E-state index is 0.0777. The van der Waals surface area contributed by atoms with E-state index in [9.17, 15) is 22.8 Å². The number of amides is 1. The molecule has 0 aliphatic carbocycles. The highest BCUT2D eigenvalue weighted by Crippen LogP contribution is 2.47. The molecule has 3 heterocycles. The van der Waals surface area contributed by atoms with E-state index in [1.807, 2.05) is 0 Å². The van der Waals surface area contributed by atoms with Gasteiger partial charge in [0.2, 0.25) is 5.60 Å². The van der Waals surface area contributed by atoms with Crippen LogP contribution in [0.4, 0.5) is 36.8 Å². The predicted octanol–water partition coefficient (Wildman–Crippen LogP) is 7.19. The van der Waals surface area contributed by atoms with Crippen molar-refractivity contribution in [1.29, 1.82) is 0 Å². The van der Waals surface area contributed by atoms with Gasteiger partial charge in [0, 0.05) is 0 Å². The minimum atomic E-state index is -5.19. The third kappa shape index (κ3) is 9.45. The zero-order valence-corrected chi connectivity index (χ0v) is 26.9. The third-order valence-corrected chi connectivity index (χ3v) is 7.01. The maximum atomic E-state index is 15.1. The van der Waals surface area contributed by atoms with E-state index in [1.165, 1.54) is 20.8 Å². The van der Waals surface area contributed by atoms with Crippen LogP contribution in [0.15, 0.2) is 40.8 Å². The number of nitrogens with one attached hydrogen (secondary N) is 1. The first-order valence-corrected chi connectivity index (χ1v) is 15.0. The Bertz CT molecular complexity index is 1590. The van der Waals surface area contributed by atoms with E-state index in [0.717, 1.165) is 7.11 Å². The van der Waals surface area contributed by atoms with Crippen LogP contribution in [0.1, 0.15) is 74.0 Å². The van der Waals surface area contributed by atoms with Gasteiger partial charge in [-0.3, -0.25) is 5.32 Å². The second-order valence-electron chi connectivity index (χ2n) is 11.8. The first-order chi connectivity index (χ1) is 22.9. The van der Waals surface area contributed by atoms with Crippen molar-refractivity contribution >= 4 is 17.7 Å². The molecule has 0 bridgehead atoms. The Kier molecular flexibility index (Phi) is 11.6. The molecule has 0 radical (unpaired) electrons. The number of benzene rings is 1. The topological polar surface area (TPSA) is 144 Å². The van der Waals surface area contributed by atoms with Gasteiger partial charge in [0.05, 0.1) is 38.2 Å². The molecule has 4 rings (SSSR count). The number of carbonyl (C=O) groups is 2. The maximum absolute atomic E-state index is 15.1. The summed E-state index contributed by atoms with van der Waals surface area (Å²) in [5.41, 5.74) is -8.36. The zero-order chi connectivity index (χ0) is 36.0. The lowest BCUT2D eigenvalue weighted by Crippen LogP contribution is -2.45. The van der Waals surface area contributed by atoms with E-state index < -0.39 is 89.4 Å². The number of methoxy groups -OCH3 is 1. The van der Waals surface area contributed by atoms with E-state index in [0.29, 0.717) is 31.3 Å². The molecule has 0 spiro atoms. The number of hydrogen-bond donors (Lipinski definition) is 1. The molecule has 0 unspecified atom stereocenters. The van der Waals surface area contributed by atoms with E-state index >= 15 is 13.2 Å². The van der Waals surface area contributed by atoms with E-state index in [-0.39, 0.29) is 12.8 Å². The Balaban J connectivity index is 1.81. The van der Waals surface area contributed by atoms with E-state index in [1.54, 1.807) is 30.3 Å². The summed E-state index contributed by atoms with van der Waals surface area (Å²) in [4.78, 5) is 28.7. The molecule has 1 saturated heterocycles. The molecule has 1 aliphatic rings. The van der Waals surface area contributed by atoms with Crippen molar-refractivity contribution < 1.29 is 64.0 Å². The normalized spacial score (nSPS) is 15.6. The largest absolute Gasteiger partial charge is 0.464 e. The van der Waals surface area contributed by atoms with Gasteiger partial charge in [-0.05, 0) is 58.1 Å². The highest BCUT2D eigenvalue weighted by atomic mass is 19.4. The van der Waals surface area contributed by atoms with Gasteiger partial charge in [-0.2, -0.15) is 26.3 Å². The maximum Gasteiger partial charge on any atom is 0.426 e. The number of halogens is 6. The van der Waals surface area contributed by atoms with Crippen molar-refractivity contribution in [3.8, 4) is 11.6 Å². The van der Waals surface area contributed by atoms with Crippen LogP contribution in [0, 0.1) is 0 Å². The van der Waals surface area contributed by atoms with Crippen LogP contribution < -0.4 is 5.32 Å². The lowest BCUT2D eigenvalue weighted by molar-refractivity contribution is -0.300. The molecule has 1 fully saturated rings. The number of unbranched alkanes of at least 4 members (excludes halogenated alkanes) is 1. The number of aromatic nitrogens is 3. The first-order valence-electron chi connectivity index (χ1n) is 15.0. The van der Waals surface area contributed by atoms with Gasteiger partial charge in [0.1, 0.15) is 5.60 Å². The monoisotopic (exact) mass is 704 g/mol. The molecule has 1 atom stereocenters. The highest BCUT2D eigenvalue weighted by Gasteiger charge is 2.61. The lowest BCUT2D eigenvalue weighted by Gasteiger charge is -2.32. The van der Waals surface area contributed by atoms with Gasteiger partial charge in [-0.15, -0.1) is 10.2 Å². The molecule has 2 aromatic heterocycles. The number of nitrogens with zero attached hydrogens (tertiary/aromatic N) is 3. The fourth-order valence-electron chi connectivity index (χ4n) is 4.76. The van der Waals surface area contributed by atoms with E-state index in [4.69, 9.17) is 23.4 Å². The molecule has 0 saturated carbocycles. The summed E-state index contributed by atoms with van der Waals surface area (Å²) in [6.45, 7) is 4.64. The van der Waals surface area contributed by atoms with Crippen LogP contribution in [0.25, 0.3) is 11.6 Å². The average Bonchev–Trinajstić information content (AvgIpc) is 3.72. The fourth-order valence-corrected chi connectivity index (χ4v) is 4.76. The second-order valence-corrected chi connectivity index (χ2v) is 11.8. The molecule has 18 heteroatoms. The Morgan fingerprint density at radius 3 is 2.24 bits per heavy atom. The van der Waals surface area contributed by atoms with Crippen LogP contribution >= 0.6 is 0 Å². The Labute approximate surface area is 276 Å². The summed E-state index contributed by atoms with van der Waals surface area (Å²) in [6, 6.07) is 8.30. The summed E-state index contributed by atoms with van der Waals surface area (Å²) in [5.74, 6) is -3.50. The van der Waals surface area contributed by atoms with Crippen LogP contribution in [0.3, 0.4) is 0 Å². The minimum Gasteiger partial charge on any atom is -0.464 e. The highest BCUT2D eigenvalue weighted by molar-refractivity contribution is 5.94. The van der Waals surface area contributed by atoms with Gasteiger partial charge in [-0.1, -0.05) is 30.3 Å². The number of rotatable bonds is 12. The number of anilines is 1.